The zero-order valence-electron chi connectivity index (χ0n) is 18.5. The Bertz CT molecular complexity index is 968. The third-order valence-corrected chi connectivity index (χ3v) is 6.29. The summed E-state index contributed by atoms with van der Waals surface area (Å²) in [6.45, 7) is -0.00422. The Hall–Kier alpha value is -2.75. The second-order valence-corrected chi connectivity index (χ2v) is 9.69. The first-order valence-electron chi connectivity index (χ1n) is 10.4. The number of benzene rings is 2. The summed E-state index contributed by atoms with van der Waals surface area (Å²) in [5.41, 5.74) is 1.70. The molecule has 0 unspecified atom stereocenters. The van der Waals surface area contributed by atoms with Gasteiger partial charge in [0.1, 0.15) is 6.04 Å². The summed E-state index contributed by atoms with van der Waals surface area (Å²) in [4.78, 5) is 27.8. The third kappa shape index (κ3) is 8.07. The van der Waals surface area contributed by atoms with E-state index in [0.29, 0.717) is 6.42 Å². The van der Waals surface area contributed by atoms with Gasteiger partial charge in [-0.15, -0.1) is 0 Å². The second kappa shape index (κ2) is 12.3. The van der Waals surface area contributed by atoms with Gasteiger partial charge in [0.2, 0.25) is 21.8 Å². The van der Waals surface area contributed by atoms with Crippen LogP contribution in [0, 0.1) is 0 Å². The highest BCUT2D eigenvalue weighted by Crippen LogP contribution is 2.15. The molecule has 9 heteroatoms. The molecule has 0 aliphatic heterocycles. The van der Waals surface area contributed by atoms with Crippen LogP contribution in [0.5, 0.6) is 0 Å². The van der Waals surface area contributed by atoms with Crippen molar-refractivity contribution < 1.29 is 23.1 Å². The van der Waals surface area contributed by atoms with Crippen molar-refractivity contribution in [2.45, 2.75) is 25.4 Å². The maximum atomic E-state index is 13.3. The lowest BCUT2D eigenvalue weighted by Gasteiger charge is -2.32. The predicted molar refractivity (Wildman–Crippen MR) is 123 cm³/mol. The molecule has 0 aliphatic carbocycles. The largest absolute Gasteiger partial charge is 0.396 e. The van der Waals surface area contributed by atoms with E-state index in [1.807, 2.05) is 60.7 Å². The molecule has 0 aliphatic rings. The quantitative estimate of drug-likeness (QED) is 0.459. The van der Waals surface area contributed by atoms with E-state index in [2.05, 4.69) is 5.32 Å². The number of amides is 2. The highest BCUT2D eigenvalue weighted by Gasteiger charge is 2.31. The molecule has 2 aromatic rings. The highest BCUT2D eigenvalue weighted by atomic mass is 32.2. The molecule has 0 aromatic heterocycles. The van der Waals surface area contributed by atoms with Crippen LogP contribution in [0.2, 0.25) is 0 Å². The molecule has 0 radical (unpaired) electrons. The first kappa shape index (κ1) is 25.5. The van der Waals surface area contributed by atoms with Gasteiger partial charge in [0.15, 0.2) is 0 Å². The fourth-order valence-corrected chi connectivity index (χ4v) is 3.49. The van der Waals surface area contributed by atoms with Crippen LogP contribution in [-0.4, -0.2) is 73.6 Å². The van der Waals surface area contributed by atoms with Crippen molar-refractivity contribution in [1.29, 1.82) is 0 Å². The zero-order chi connectivity index (χ0) is 23.6. The molecular formula is C23H31N3O5S. The highest BCUT2D eigenvalue weighted by molar-refractivity contribution is 7.88. The summed E-state index contributed by atoms with van der Waals surface area (Å²) in [5.74, 6) is -0.825. The number of likely N-dealkylation sites (N-methyl/N-ethyl adjacent to an activating group) is 1. The van der Waals surface area contributed by atoms with E-state index in [9.17, 15) is 18.0 Å². The van der Waals surface area contributed by atoms with Gasteiger partial charge in [0.05, 0.1) is 12.8 Å². The van der Waals surface area contributed by atoms with E-state index in [1.165, 1.54) is 11.9 Å². The maximum Gasteiger partial charge on any atom is 0.243 e. The Morgan fingerprint density at radius 3 is 2.09 bits per heavy atom. The summed E-state index contributed by atoms with van der Waals surface area (Å²) < 4.78 is 24.7. The molecule has 0 spiro atoms. The van der Waals surface area contributed by atoms with Gasteiger partial charge in [-0.05, 0) is 17.5 Å². The molecule has 2 rings (SSSR count). The van der Waals surface area contributed by atoms with Crippen molar-refractivity contribution in [3.63, 3.8) is 0 Å². The summed E-state index contributed by atoms with van der Waals surface area (Å²) >= 11 is 0. The van der Waals surface area contributed by atoms with E-state index in [1.54, 1.807) is 0 Å². The van der Waals surface area contributed by atoms with Crippen LogP contribution in [0.15, 0.2) is 60.7 Å². The van der Waals surface area contributed by atoms with Gasteiger partial charge in [0, 0.05) is 33.2 Å². The van der Waals surface area contributed by atoms with Crippen molar-refractivity contribution in [3.8, 4) is 0 Å². The van der Waals surface area contributed by atoms with Crippen molar-refractivity contribution in [2.24, 2.45) is 0 Å². The minimum Gasteiger partial charge on any atom is -0.396 e. The maximum absolute atomic E-state index is 13.3. The number of rotatable bonds is 12. The zero-order valence-corrected chi connectivity index (χ0v) is 19.3. The number of nitrogens with zero attached hydrogens (tertiary/aromatic N) is 2. The minimum atomic E-state index is -3.57. The minimum absolute atomic E-state index is 0.0601. The Morgan fingerprint density at radius 1 is 1.00 bits per heavy atom. The normalized spacial score (nSPS) is 12.4. The second-order valence-electron chi connectivity index (χ2n) is 7.60. The Morgan fingerprint density at radius 2 is 1.56 bits per heavy atom. The van der Waals surface area contributed by atoms with Crippen molar-refractivity contribution in [2.75, 3.05) is 33.0 Å². The summed E-state index contributed by atoms with van der Waals surface area (Å²) in [5, 5.41) is 11.8. The average molecular weight is 462 g/mol. The van der Waals surface area contributed by atoms with Gasteiger partial charge in [-0.25, -0.2) is 8.42 Å². The molecule has 0 saturated carbocycles. The molecule has 2 N–H and O–H groups in total. The van der Waals surface area contributed by atoms with Crippen LogP contribution in [0.25, 0.3) is 0 Å². The van der Waals surface area contributed by atoms with E-state index in [4.69, 9.17) is 5.11 Å². The number of carbonyl (C=O) groups is 2. The SMILES string of the molecule is CN(CC(=O)N(Cc1ccccc1)[C@H](Cc1ccccc1)C(=O)NCCCO)S(C)(=O)=O. The molecule has 0 fully saturated rings. The van der Waals surface area contributed by atoms with Gasteiger partial charge >= 0.3 is 0 Å². The standard InChI is InChI=1S/C23H31N3O5S/c1-25(32(2,30)31)18-22(28)26(17-20-12-7-4-8-13-20)21(23(29)24-14-9-15-27)16-19-10-5-3-6-11-19/h3-8,10-13,21,27H,9,14-18H2,1-2H3,(H,24,29)/t21-/m1/s1. The topological polar surface area (TPSA) is 107 Å². The first-order valence-corrected chi connectivity index (χ1v) is 12.2. The number of carbonyl (C=O) groups excluding carboxylic acids is 2. The van der Waals surface area contributed by atoms with Gasteiger partial charge < -0.3 is 15.3 Å². The third-order valence-electron chi connectivity index (χ3n) is 5.03. The fraction of sp³-hybridized carbons (Fsp3) is 0.391. The molecule has 0 bridgehead atoms. The molecule has 174 valence electrons. The number of hydrogen-bond acceptors (Lipinski definition) is 5. The monoisotopic (exact) mass is 461 g/mol. The average Bonchev–Trinajstić information content (AvgIpc) is 2.77. The van der Waals surface area contributed by atoms with Gasteiger partial charge in [-0.1, -0.05) is 60.7 Å². The van der Waals surface area contributed by atoms with E-state index < -0.39 is 22.0 Å². The van der Waals surface area contributed by atoms with Crippen LogP contribution >= 0.6 is 0 Å². The molecule has 2 aromatic carbocycles. The summed E-state index contributed by atoms with van der Waals surface area (Å²) in [7, 11) is -2.23. The van der Waals surface area contributed by atoms with Crippen molar-refractivity contribution >= 4 is 21.8 Å². The summed E-state index contributed by atoms with van der Waals surface area (Å²) in [6, 6.07) is 17.7. The number of nitrogens with one attached hydrogen (secondary N) is 1. The predicted octanol–water partition coefficient (Wildman–Crippen LogP) is 1.02. The number of aliphatic hydroxyl groups is 1. The molecule has 0 saturated heterocycles. The number of aliphatic hydroxyl groups excluding tert-OH is 1. The fourth-order valence-electron chi connectivity index (χ4n) is 3.14. The molecular weight excluding hydrogens is 430 g/mol. The van der Waals surface area contributed by atoms with Crippen LogP contribution in [0.4, 0.5) is 0 Å². The number of hydrogen-bond donors (Lipinski definition) is 2. The van der Waals surface area contributed by atoms with E-state index >= 15 is 0 Å². The Labute approximate surface area is 189 Å². The van der Waals surface area contributed by atoms with Crippen LogP contribution in [0.1, 0.15) is 17.5 Å². The summed E-state index contributed by atoms with van der Waals surface area (Å²) in [6.07, 6.45) is 1.70. The lowest BCUT2D eigenvalue weighted by molar-refractivity contribution is -0.141. The van der Waals surface area contributed by atoms with Crippen molar-refractivity contribution in [3.05, 3.63) is 71.8 Å². The van der Waals surface area contributed by atoms with Gasteiger partial charge in [-0.2, -0.15) is 4.31 Å². The smallest absolute Gasteiger partial charge is 0.243 e. The Balaban J connectivity index is 2.38. The molecule has 32 heavy (non-hydrogen) atoms. The van der Waals surface area contributed by atoms with Gasteiger partial charge in [-0.3, -0.25) is 9.59 Å². The number of sulfonamides is 1. The lowest BCUT2D eigenvalue weighted by Crippen LogP contribution is -2.53. The van der Waals surface area contributed by atoms with E-state index in [0.717, 1.165) is 21.7 Å². The van der Waals surface area contributed by atoms with Crippen LogP contribution < -0.4 is 5.32 Å². The molecule has 2 amide bonds. The lowest BCUT2D eigenvalue weighted by atomic mass is 10.0. The molecule has 1 atom stereocenters. The van der Waals surface area contributed by atoms with Crippen LogP contribution in [0.3, 0.4) is 0 Å². The first-order chi connectivity index (χ1) is 15.2. The van der Waals surface area contributed by atoms with Crippen LogP contribution in [-0.2, 0) is 32.6 Å². The van der Waals surface area contributed by atoms with E-state index in [-0.39, 0.29) is 38.6 Å². The molecule has 0 heterocycles. The molecule has 8 nitrogen and oxygen atoms in total. The Kier molecular flexibility index (Phi) is 9.83. The van der Waals surface area contributed by atoms with Crippen molar-refractivity contribution in [1.82, 2.24) is 14.5 Å². The van der Waals surface area contributed by atoms with Gasteiger partial charge in [0.25, 0.3) is 0 Å².